The lowest BCUT2D eigenvalue weighted by Gasteiger charge is -2.22. The lowest BCUT2D eigenvalue weighted by atomic mass is 10.1. The van der Waals surface area contributed by atoms with Crippen molar-refractivity contribution in [1.29, 1.82) is 0 Å². The first-order chi connectivity index (χ1) is 12.9. The molecule has 142 valence electrons. The Morgan fingerprint density at radius 2 is 1.81 bits per heavy atom. The molecular formula is C20H21FN2O3S. The molecule has 0 aromatic heterocycles. The first kappa shape index (κ1) is 20.6. The number of benzene rings is 2. The number of ketones is 1. The second kappa shape index (κ2) is 9.87. The number of primary amides is 1. The maximum atomic E-state index is 14.1. The zero-order valence-corrected chi connectivity index (χ0v) is 15.8. The summed E-state index contributed by atoms with van der Waals surface area (Å²) in [5, 5.41) is 0. The molecule has 2 aromatic carbocycles. The number of thioether (sulfide) groups is 1. The highest BCUT2D eigenvalue weighted by atomic mass is 32.2. The molecule has 0 saturated heterocycles. The smallest absolute Gasteiger partial charge is 0.233 e. The third-order valence-electron chi connectivity index (χ3n) is 3.89. The second-order valence-corrected chi connectivity index (χ2v) is 7.02. The Labute approximate surface area is 161 Å². The van der Waals surface area contributed by atoms with Crippen LogP contribution in [-0.4, -0.2) is 34.8 Å². The lowest BCUT2D eigenvalue weighted by Crippen LogP contribution is -2.34. The molecule has 7 heteroatoms. The van der Waals surface area contributed by atoms with Gasteiger partial charge in [-0.15, -0.1) is 11.8 Å². The minimum absolute atomic E-state index is 0.0158. The molecule has 0 aliphatic carbocycles. The van der Waals surface area contributed by atoms with Gasteiger partial charge in [-0.05, 0) is 24.6 Å². The van der Waals surface area contributed by atoms with Gasteiger partial charge in [-0.2, -0.15) is 0 Å². The zero-order chi connectivity index (χ0) is 19.8. The summed E-state index contributed by atoms with van der Waals surface area (Å²) < 4.78 is 14.1. The molecule has 0 radical (unpaired) electrons. The van der Waals surface area contributed by atoms with Crippen LogP contribution in [-0.2, 0) is 16.1 Å². The van der Waals surface area contributed by atoms with Crippen molar-refractivity contribution in [2.45, 2.75) is 24.8 Å². The summed E-state index contributed by atoms with van der Waals surface area (Å²) in [5.74, 6) is -1.45. The van der Waals surface area contributed by atoms with Crippen LogP contribution in [0.1, 0.15) is 29.3 Å². The van der Waals surface area contributed by atoms with Crippen LogP contribution >= 0.6 is 11.8 Å². The average Bonchev–Trinajstić information content (AvgIpc) is 2.64. The van der Waals surface area contributed by atoms with E-state index >= 15 is 0 Å². The lowest BCUT2D eigenvalue weighted by molar-refractivity contribution is -0.129. The van der Waals surface area contributed by atoms with Crippen LogP contribution in [0.3, 0.4) is 0 Å². The van der Waals surface area contributed by atoms with Gasteiger partial charge in [0.15, 0.2) is 5.78 Å². The maximum Gasteiger partial charge on any atom is 0.233 e. The zero-order valence-electron chi connectivity index (χ0n) is 15.0. The van der Waals surface area contributed by atoms with Gasteiger partial charge in [0, 0.05) is 30.0 Å². The third-order valence-corrected chi connectivity index (χ3v) is 4.92. The van der Waals surface area contributed by atoms with E-state index in [0.717, 1.165) is 17.3 Å². The van der Waals surface area contributed by atoms with Crippen molar-refractivity contribution in [3.63, 3.8) is 0 Å². The fourth-order valence-corrected chi connectivity index (χ4v) is 3.23. The Balaban J connectivity index is 2.04. The van der Waals surface area contributed by atoms with Gasteiger partial charge in [0.2, 0.25) is 11.8 Å². The quantitative estimate of drug-likeness (QED) is 0.529. The second-order valence-electron chi connectivity index (χ2n) is 6.01. The Morgan fingerprint density at radius 3 is 2.41 bits per heavy atom. The maximum absolute atomic E-state index is 14.1. The number of amides is 2. The van der Waals surface area contributed by atoms with Gasteiger partial charge in [-0.3, -0.25) is 14.4 Å². The van der Waals surface area contributed by atoms with Crippen LogP contribution in [0.25, 0.3) is 0 Å². The van der Waals surface area contributed by atoms with E-state index in [1.165, 1.54) is 30.0 Å². The van der Waals surface area contributed by atoms with E-state index < -0.39 is 11.7 Å². The highest BCUT2D eigenvalue weighted by Crippen LogP contribution is 2.23. The number of Topliss-reactive ketones (excluding diaryl/α,β-unsaturated/α-hetero) is 1. The molecule has 0 bridgehead atoms. The van der Waals surface area contributed by atoms with Crippen molar-refractivity contribution < 1.29 is 18.8 Å². The largest absolute Gasteiger partial charge is 0.370 e. The van der Waals surface area contributed by atoms with Crippen LogP contribution in [0.4, 0.5) is 4.39 Å². The minimum atomic E-state index is -0.535. The van der Waals surface area contributed by atoms with Gasteiger partial charge in [-0.25, -0.2) is 4.39 Å². The average molecular weight is 388 g/mol. The third kappa shape index (κ3) is 6.53. The highest BCUT2D eigenvalue weighted by Gasteiger charge is 2.16. The number of hydrogen-bond acceptors (Lipinski definition) is 4. The summed E-state index contributed by atoms with van der Waals surface area (Å²) in [5.41, 5.74) is 6.41. The minimum Gasteiger partial charge on any atom is -0.370 e. The normalized spacial score (nSPS) is 10.4. The van der Waals surface area contributed by atoms with Crippen LogP contribution in [0.5, 0.6) is 0 Å². The van der Waals surface area contributed by atoms with E-state index in [4.69, 9.17) is 5.73 Å². The van der Waals surface area contributed by atoms with Gasteiger partial charge >= 0.3 is 0 Å². The molecule has 5 nitrogen and oxygen atoms in total. The molecule has 2 N–H and O–H groups in total. The molecular weight excluding hydrogens is 367 g/mol. The van der Waals surface area contributed by atoms with Crippen molar-refractivity contribution in [1.82, 2.24) is 4.90 Å². The SMILES string of the molecule is CC(=O)c1ccc(SCC(=O)N(CCC(N)=O)Cc2ccccc2)c(F)c1. The molecule has 27 heavy (non-hydrogen) atoms. The van der Waals surface area contributed by atoms with Gasteiger partial charge in [-0.1, -0.05) is 36.4 Å². The van der Waals surface area contributed by atoms with Crippen molar-refractivity contribution >= 4 is 29.4 Å². The molecule has 0 saturated carbocycles. The fraction of sp³-hybridized carbons (Fsp3) is 0.250. The van der Waals surface area contributed by atoms with Crippen molar-refractivity contribution in [3.8, 4) is 0 Å². The molecule has 0 aliphatic heterocycles. The predicted molar refractivity (Wildman–Crippen MR) is 103 cm³/mol. The van der Waals surface area contributed by atoms with Crippen LogP contribution < -0.4 is 5.73 Å². The molecule has 0 unspecified atom stereocenters. The van der Waals surface area contributed by atoms with Crippen LogP contribution in [0.2, 0.25) is 0 Å². The first-order valence-electron chi connectivity index (χ1n) is 8.40. The van der Waals surface area contributed by atoms with E-state index in [2.05, 4.69) is 0 Å². The van der Waals surface area contributed by atoms with Crippen molar-refractivity contribution in [3.05, 3.63) is 65.5 Å². The fourth-order valence-electron chi connectivity index (χ4n) is 2.41. The number of carbonyl (C=O) groups excluding carboxylic acids is 3. The first-order valence-corrected chi connectivity index (χ1v) is 9.38. The summed E-state index contributed by atoms with van der Waals surface area (Å²) in [6.45, 7) is 1.92. The number of halogens is 1. The molecule has 0 atom stereocenters. The molecule has 2 aromatic rings. The van der Waals surface area contributed by atoms with Crippen LogP contribution in [0.15, 0.2) is 53.4 Å². The number of nitrogens with two attached hydrogens (primary N) is 1. The van der Waals surface area contributed by atoms with Gasteiger partial charge in [0.05, 0.1) is 5.75 Å². The van der Waals surface area contributed by atoms with E-state index in [0.29, 0.717) is 11.4 Å². The van der Waals surface area contributed by atoms with E-state index in [1.54, 1.807) is 0 Å². The number of hydrogen-bond donors (Lipinski definition) is 1. The Hall–Kier alpha value is -2.67. The van der Waals surface area contributed by atoms with Gasteiger partial charge in [0.1, 0.15) is 5.82 Å². The predicted octanol–water partition coefficient (Wildman–Crippen LogP) is 3.02. The Bertz CT molecular complexity index is 827. The van der Waals surface area contributed by atoms with Gasteiger partial charge in [0.25, 0.3) is 0 Å². The van der Waals surface area contributed by atoms with Gasteiger partial charge < -0.3 is 10.6 Å². The van der Waals surface area contributed by atoms with Crippen molar-refractivity contribution in [2.75, 3.05) is 12.3 Å². The van der Waals surface area contributed by atoms with E-state index in [1.807, 2.05) is 30.3 Å². The Morgan fingerprint density at radius 1 is 1.11 bits per heavy atom. The molecule has 0 fully saturated rings. The summed E-state index contributed by atoms with van der Waals surface area (Å²) in [6.07, 6.45) is 0.0604. The van der Waals surface area contributed by atoms with Crippen LogP contribution in [0, 0.1) is 5.82 Å². The molecule has 2 rings (SSSR count). The molecule has 0 heterocycles. The summed E-state index contributed by atoms with van der Waals surface area (Å²) >= 11 is 1.06. The monoisotopic (exact) mass is 388 g/mol. The molecule has 0 spiro atoms. The topological polar surface area (TPSA) is 80.5 Å². The number of nitrogens with zero attached hydrogens (tertiary/aromatic N) is 1. The Kier molecular flexibility index (Phi) is 7.55. The number of rotatable bonds is 9. The van der Waals surface area contributed by atoms with E-state index in [-0.39, 0.29) is 36.0 Å². The molecule has 0 aliphatic rings. The summed E-state index contributed by atoms with van der Waals surface area (Å²) in [6, 6.07) is 13.6. The summed E-state index contributed by atoms with van der Waals surface area (Å²) in [4.78, 5) is 36.8. The molecule has 2 amide bonds. The van der Waals surface area contributed by atoms with Crippen molar-refractivity contribution in [2.24, 2.45) is 5.73 Å². The number of carbonyl (C=O) groups is 3. The highest BCUT2D eigenvalue weighted by molar-refractivity contribution is 8.00. The van der Waals surface area contributed by atoms with E-state index in [9.17, 15) is 18.8 Å². The standard InChI is InChI=1S/C20H21FN2O3S/c1-14(24)16-7-8-18(17(21)11-16)27-13-20(26)23(10-9-19(22)25)12-15-5-3-2-4-6-15/h2-8,11H,9-10,12-13H2,1H3,(H2,22,25). The summed E-state index contributed by atoms with van der Waals surface area (Å²) in [7, 11) is 0.